The first kappa shape index (κ1) is 6.62. The fraction of sp³-hybridized carbons (Fsp3) is 1.00. The monoisotopic (exact) mass is 142 g/mol. The molecule has 58 valence electrons. The van der Waals surface area contributed by atoms with E-state index in [1.807, 2.05) is 0 Å². The quantitative estimate of drug-likeness (QED) is 0.553. The molecule has 2 saturated heterocycles. The zero-order valence-electron chi connectivity index (χ0n) is 6.43. The summed E-state index contributed by atoms with van der Waals surface area (Å²) in [5, 5.41) is 0. The Labute approximate surface area is 61.5 Å². The lowest BCUT2D eigenvalue weighted by Gasteiger charge is -2.05. The Kier molecular flexibility index (Phi) is 1.46. The lowest BCUT2D eigenvalue weighted by Crippen LogP contribution is -2.09. The molecule has 2 heterocycles. The van der Waals surface area contributed by atoms with Crippen molar-refractivity contribution in [3.63, 3.8) is 0 Å². The summed E-state index contributed by atoms with van der Waals surface area (Å²) in [6.45, 7) is 4.16. The standard InChI is InChI=1S/C8H14O2/c1-2-8(6-10-8)4-3-7-5-9-7/h7H,2-6H2,1H3. The summed E-state index contributed by atoms with van der Waals surface area (Å²) < 4.78 is 10.5. The minimum absolute atomic E-state index is 0.284. The Morgan fingerprint density at radius 1 is 1.60 bits per heavy atom. The van der Waals surface area contributed by atoms with E-state index in [4.69, 9.17) is 9.47 Å². The van der Waals surface area contributed by atoms with E-state index in [1.54, 1.807) is 0 Å². The summed E-state index contributed by atoms with van der Waals surface area (Å²) in [5.41, 5.74) is 0.284. The molecule has 2 heteroatoms. The van der Waals surface area contributed by atoms with Crippen molar-refractivity contribution in [2.75, 3.05) is 13.2 Å². The summed E-state index contributed by atoms with van der Waals surface area (Å²) in [5.74, 6) is 0. The van der Waals surface area contributed by atoms with Gasteiger partial charge in [-0.1, -0.05) is 6.92 Å². The maximum Gasteiger partial charge on any atom is 0.0915 e. The van der Waals surface area contributed by atoms with Crippen molar-refractivity contribution < 1.29 is 9.47 Å². The van der Waals surface area contributed by atoms with Crippen molar-refractivity contribution in [3.8, 4) is 0 Å². The first-order chi connectivity index (χ1) is 4.85. The number of hydrogen-bond acceptors (Lipinski definition) is 2. The average molecular weight is 142 g/mol. The van der Waals surface area contributed by atoms with Crippen LogP contribution in [0.2, 0.25) is 0 Å². The second-order valence-electron chi connectivity index (χ2n) is 3.32. The van der Waals surface area contributed by atoms with Gasteiger partial charge in [0.2, 0.25) is 0 Å². The van der Waals surface area contributed by atoms with Crippen molar-refractivity contribution >= 4 is 0 Å². The molecule has 0 aromatic carbocycles. The second-order valence-corrected chi connectivity index (χ2v) is 3.32. The van der Waals surface area contributed by atoms with Crippen LogP contribution in [0.25, 0.3) is 0 Å². The van der Waals surface area contributed by atoms with E-state index < -0.39 is 0 Å². The van der Waals surface area contributed by atoms with Gasteiger partial charge in [-0.05, 0) is 19.3 Å². The van der Waals surface area contributed by atoms with E-state index in [0.29, 0.717) is 6.10 Å². The molecule has 0 spiro atoms. The predicted octanol–water partition coefficient (Wildman–Crippen LogP) is 1.34. The first-order valence-electron chi connectivity index (χ1n) is 4.10. The van der Waals surface area contributed by atoms with E-state index >= 15 is 0 Å². The topological polar surface area (TPSA) is 25.1 Å². The first-order valence-corrected chi connectivity index (χ1v) is 4.10. The molecule has 0 radical (unpaired) electrons. The van der Waals surface area contributed by atoms with Crippen LogP contribution in [0.1, 0.15) is 26.2 Å². The summed E-state index contributed by atoms with van der Waals surface area (Å²) >= 11 is 0. The van der Waals surface area contributed by atoms with E-state index in [2.05, 4.69) is 6.92 Å². The Hall–Kier alpha value is -0.0800. The SMILES string of the molecule is CCC1(CCC2CO2)CO1. The summed E-state index contributed by atoms with van der Waals surface area (Å²) in [7, 11) is 0. The normalized spacial score (nSPS) is 43.5. The molecule has 2 aliphatic heterocycles. The Morgan fingerprint density at radius 2 is 2.30 bits per heavy atom. The van der Waals surface area contributed by atoms with Crippen LogP contribution in [0.4, 0.5) is 0 Å². The molecule has 0 aromatic heterocycles. The van der Waals surface area contributed by atoms with Crippen LogP contribution in [0.5, 0.6) is 0 Å². The minimum Gasteiger partial charge on any atom is -0.373 e. The average Bonchev–Trinajstić information content (AvgIpc) is 2.83. The summed E-state index contributed by atoms with van der Waals surface area (Å²) in [6, 6.07) is 0. The minimum atomic E-state index is 0.284. The fourth-order valence-electron chi connectivity index (χ4n) is 1.29. The van der Waals surface area contributed by atoms with E-state index in [-0.39, 0.29) is 5.60 Å². The van der Waals surface area contributed by atoms with Crippen molar-refractivity contribution in [1.29, 1.82) is 0 Å². The molecule has 2 atom stereocenters. The van der Waals surface area contributed by atoms with Gasteiger partial charge in [-0.2, -0.15) is 0 Å². The summed E-state index contributed by atoms with van der Waals surface area (Å²) in [6.07, 6.45) is 4.15. The molecule has 0 aromatic rings. The van der Waals surface area contributed by atoms with E-state index in [1.165, 1.54) is 19.3 Å². The van der Waals surface area contributed by atoms with Crippen molar-refractivity contribution in [3.05, 3.63) is 0 Å². The van der Waals surface area contributed by atoms with Gasteiger partial charge in [-0.3, -0.25) is 0 Å². The molecule has 0 amide bonds. The van der Waals surface area contributed by atoms with Crippen LogP contribution < -0.4 is 0 Å². The highest BCUT2D eigenvalue weighted by atomic mass is 16.6. The van der Waals surface area contributed by atoms with Gasteiger partial charge in [0.25, 0.3) is 0 Å². The number of hydrogen-bond donors (Lipinski definition) is 0. The largest absolute Gasteiger partial charge is 0.373 e. The lowest BCUT2D eigenvalue weighted by atomic mass is 10.0. The zero-order chi connectivity index (χ0) is 7.03. The molecule has 2 rings (SSSR count). The molecule has 0 bridgehead atoms. The van der Waals surface area contributed by atoms with Crippen LogP contribution in [0, 0.1) is 0 Å². The molecule has 0 N–H and O–H groups in total. The molecule has 2 aliphatic rings. The smallest absolute Gasteiger partial charge is 0.0915 e. The molecule has 10 heavy (non-hydrogen) atoms. The van der Waals surface area contributed by atoms with Crippen LogP contribution in [-0.4, -0.2) is 24.9 Å². The summed E-state index contributed by atoms with van der Waals surface area (Å²) in [4.78, 5) is 0. The molecular formula is C8H14O2. The maximum absolute atomic E-state index is 5.37. The van der Waals surface area contributed by atoms with Crippen molar-refractivity contribution in [2.24, 2.45) is 0 Å². The van der Waals surface area contributed by atoms with E-state index in [0.717, 1.165) is 13.2 Å². The van der Waals surface area contributed by atoms with Gasteiger partial charge in [0.05, 0.1) is 24.9 Å². The van der Waals surface area contributed by atoms with E-state index in [9.17, 15) is 0 Å². The highest BCUT2D eigenvalue weighted by Gasteiger charge is 2.43. The number of ether oxygens (including phenoxy) is 2. The van der Waals surface area contributed by atoms with Crippen LogP contribution in [0.3, 0.4) is 0 Å². The fourth-order valence-corrected chi connectivity index (χ4v) is 1.29. The third kappa shape index (κ3) is 1.32. The predicted molar refractivity (Wildman–Crippen MR) is 37.9 cm³/mol. The molecule has 2 fully saturated rings. The zero-order valence-corrected chi connectivity index (χ0v) is 6.43. The Balaban J connectivity index is 1.68. The highest BCUT2D eigenvalue weighted by molar-refractivity contribution is 4.92. The van der Waals surface area contributed by atoms with Gasteiger partial charge < -0.3 is 9.47 Å². The second kappa shape index (κ2) is 2.21. The third-order valence-corrected chi connectivity index (χ3v) is 2.52. The molecule has 0 aliphatic carbocycles. The van der Waals surface area contributed by atoms with Gasteiger partial charge in [-0.15, -0.1) is 0 Å². The van der Waals surface area contributed by atoms with Crippen LogP contribution >= 0.6 is 0 Å². The van der Waals surface area contributed by atoms with Crippen molar-refractivity contribution in [2.45, 2.75) is 37.9 Å². The maximum atomic E-state index is 5.37. The Morgan fingerprint density at radius 3 is 2.70 bits per heavy atom. The van der Waals surface area contributed by atoms with Gasteiger partial charge >= 0.3 is 0 Å². The highest BCUT2D eigenvalue weighted by Crippen LogP contribution is 2.37. The van der Waals surface area contributed by atoms with Crippen LogP contribution in [0.15, 0.2) is 0 Å². The van der Waals surface area contributed by atoms with Gasteiger partial charge in [0.1, 0.15) is 0 Å². The molecule has 2 nitrogen and oxygen atoms in total. The molecule has 0 saturated carbocycles. The number of rotatable bonds is 4. The number of epoxide rings is 2. The van der Waals surface area contributed by atoms with Crippen molar-refractivity contribution in [1.82, 2.24) is 0 Å². The Bertz CT molecular complexity index is 125. The van der Waals surface area contributed by atoms with Gasteiger partial charge in [0, 0.05) is 0 Å². The molecule has 2 unspecified atom stereocenters. The van der Waals surface area contributed by atoms with Gasteiger partial charge in [-0.25, -0.2) is 0 Å². The third-order valence-electron chi connectivity index (χ3n) is 2.52. The lowest BCUT2D eigenvalue weighted by molar-refractivity contribution is 0.265. The van der Waals surface area contributed by atoms with Gasteiger partial charge in [0.15, 0.2) is 0 Å². The van der Waals surface area contributed by atoms with Crippen LogP contribution in [-0.2, 0) is 9.47 Å². The molecular weight excluding hydrogens is 128 g/mol.